The van der Waals surface area contributed by atoms with Gasteiger partial charge in [0.1, 0.15) is 0 Å². The smallest absolute Gasteiger partial charge is 0.227 e. The third-order valence-electron chi connectivity index (χ3n) is 3.42. The van der Waals surface area contributed by atoms with E-state index in [0.717, 1.165) is 5.69 Å². The highest BCUT2D eigenvalue weighted by Gasteiger charge is 2.34. The second-order valence-corrected chi connectivity index (χ2v) is 5.45. The maximum atomic E-state index is 12.1. The van der Waals surface area contributed by atoms with Crippen LogP contribution in [0.15, 0.2) is 30.3 Å². The molecule has 1 atom stereocenters. The van der Waals surface area contributed by atoms with Crippen LogP contribution >= 0.6 is 0 Å². The number of carbonyl (C=O) groups excluding carboxylic acids is 2. The molecule has 1 aromatic carbocycles. The summed E-state index contributed by atoms with van der Waals surface area (Å²) >= 11 is 0. The van der Waals surface area contributed by atoms with Crippen molar-refractivity contribution in [2.75, 3.05) is 24.6 Å². The average Bonchev–Trinajstić information content (AvgIpc) is 2.86. The molecule has 1 aromatic rings. The first-order chi connectivity index (χ1) is 10.1. The first kappa shape index (κ1) is 15.5. The molecule has 1 N–H and O–H groups in total. The van der Waals surface area contributed by atoms with E-state index < -0.39 is 0 Å². The van der Waals surface area contributed by atoms with E-state index in [-0.39, 0.29) is 30.3 Å². The third kappa shape index (κ3) is 4.29. The first-order valence-electron chi connectivity index (χ1n) is 7.32. The van der Waals surface area contributed by atoms with Crippen LogP contribution in [0.5, 0.6) is 0 Å². The van der Waals surface area contributed by atoms with Gasteiger partial charge in [0.2, 0.25) is 11.8 Å². The van der Waals surface area contributed by atoms with Crippen molar-refractivity contribution < 1.29 is 14.3 Å². The fourth-order valence-corrected chi connectivity index (χ4v) is 2.35. The topological polar surface area (TPSA) is 58.6 Å². The highest BCUT2D eigenvalue weighted by Crippen LogP contribution is 2.24. The zero-order valence-electron chi connectivity index (χ0n) is 12.5. The quantitative estimate of drug-likeness (QED) is 0.809. The molecule has 1 fully saturated rings. The standard InChI is InChI=1S/C16H22N2O3/c1-12(2)21-9-8-17-16(20)13-10-15(19)18(11-13)14-6-4-3-5-7-14/h3-7,12-13H,8-11H2,1-2H3,(H,17,20). The van der Waals surface area contributed by atoms with Crippen molar-refractivity contribution >= 4 is 17.5 Å². The molecule has 114 valence electrons. The van der Waals surface area contributed by atoms with E-state index in [2.05, 4.69) is 5.32 Å². The number of anilines is 1. The van der Waals surface area contributed by atoms with Gasteiger partial charge in [-0.1, -0.05) is 18.2 Å². The fourth-order valence-electron chi connectivity index (χ4n) is 2.35. The SMILES string of the molecule is CC(C)OCCNC(=O)C1CC(=O)N(c2ccccc2)C1. The number of nitrogens with zero attached hydrogens (tertiary/aromatic N) is 1. The van der Waals surface area contributed by atoms with Crippen LogP contribution in [0.2, 0.25) is 0 Å². The van der Waals surface area contributed by atoms with E-state index in [9.17, 15) is 9.59 Å². The molecule has 0 saturated carbocycles. The lowest BCUT2D eigenvalue weighted by Gasteiger charge is -2.16. The highest BCUT2D eigenvalue weighted by molar-refractivity contribution is 6.00. The van der Waals surface area contributed by atoms with E-state index in [1.807, 2.05) is 44.2 Å². The summed E-state index contributed by atoms with van der Waals surface area (Å²) in [7, 11) is 0. The molecule has 5 nitrogen and oxygen atoms in total. The number of ether oxygens (including phenoxy) is 1. The summed E-state index contributed by atoms with van der Waals surface area (Å²) in [4.78, 5) is 25.8. The maximum Gasteiger partial charge on any atom is 0.227 e. The van der Waals surface area contributed by atoms with Crippen molar-refractivity contribution in [3.05, 3.63) is 30.3 Å². The lowest BCUT2D eigenvalue weighted by atomic mass is 10.1. The minimum atomic E-state index is -0.281. The monoisotopic (exact) mass is 290 g/mol. The molecule has 5 heteroatoms. The summed E-state index contributed by atoms with van der Waals surface area (Å²) in [6, 6.07) is 9.45. The highest BCUT2D eigenvalue weighted by atomic mass is 16.5. The van der Waals surface area contributed by atoms with Gasteiger partial charge >= 0.3 is 0 Å². The Morgan fingerprint density at radius 3 is 2.76 bits per heavy atom. The van der Waals surface area contributed by atoms with Gasteiger partial charge in [-0.05, 0) is 26.0 Å². The molecule has 1 heterocycles. The minimum Gasteiger partial charge on any atom is -0.377 e. The van der Waals surface area contributed by atoms with Crippen molar-refractivity contribution in [1.29, 1.82) is 0 Å². The van der Waals surface area contributed by atoms with Crippen molar-refractivity contribution in [1.82, 2.24) is 5.32 Å². The molecule has 2 rings (SSSR count). The van der Waals surface area contributed by atoms with Crippen LogP contribution in [-0.4, -0.2) is 37.6 Å². The summed E-state index contributed by atoms with van der Waals surface area (Å²) in [5.41, 5.74) is 0.848. The van der Waals surface area contributed by atoms with Gasteiger partial charge in [0.05, 0.1) is 18.6 Å². The Morgan fingerprint density at radius 1 is 1.38 bits per heavy atom. The van der Waals surface area contributed by atoms with E-state index in [0.29, 0.717) is 19.7 Å². The molecular weight excluding hydrogens is 268 g/mol. The van der Waals surface area contributed by atoms with Gasteiger partial charge in [-0.2, -0.15) is 0 Å². The summed E-state index contributed by atoms with van der Waals surface area (Å²) in [5, 5.41) is 2.83. The van der Waals surface area contributed by atoms with Gasteiger partial charge in [-0.25, -0.2) is 0 Å². The number of carbonyl (C=O) groups is 2. The van der Waals surface area contributed by atoms with E-state index in [1.54, 1.807) is 4.90 Å². The zero-order chi connectivity index (χ0) is 15.2. The van der Waals surface area contributed by atoms with Crippen LogP contribution in [-0.2, 0) is 14.3 Å². The number of rotatable bonds is 6. The Balaban J connectivity index is 1.83. The Bertz CT molecular complexity index is 488. The molecule has 1 aliphatic heterocycles. The molecule has 1 saturated heterocycles. The predicted octanol–water partition coefficient (Wildman–Crippen LogP) is 1.58. The Labute approximate surface area is 125 Å². The second kappa shape index (κ2) is 7.22. The van der Waals surface area contributed by atoms with Gasteiger partial charge in [0.15, 0.2) is 0 Å². The largest absolute Gasteiger partial charge is 0.377 e. The van der Waals surface area contributed by atoms with Gasteiger partial charge in [0, 0.05) is 25.2 Å². The van der Waals surface area contributed by atoms with E-state index >= 15 is 0 Å². The Kier molecular flexibility index (Phi) is 5.33. The van der Waals surface area contributed by atoms with Crippen LogP contribution in [0, 0.1) is 5.92 Å². The molecule has 21 heavy (non-hydrogen) atoms. The summed E-state index contributed by atoms with van der Waals surface area (Å²) in [6.45, 7) is 5.32. The second-order valence-electron chi connectivity index (χ2n) is 5.45. The molecule has 1 aliphatic rings. The van der Waals surface area contributed by atoms with Gasteiger partial charge in [-0.3, -0.25) is 9.59 Å². The van der Waals surface area contributed by atoms with Crippen molar-refractivity contribution in [3.63, 3.8) is 0 Å². The van der Waals surface area contributed by atoms with Gasteiger partial charge in [-0.15, -0.1) is 0 Å². The Morgan fingerprint density at radius 2 is 2.10 bits per heavy atom. The van der Waals surface area contributed by atoms with Crippen LogP contribution in [0.3, 0.4) is 0 Å². The van der Waals surface area contributed by atoms with Crippen LogP contribution in [0.1, 0.15) is 20.3 Å². The van der Waals surface area contributed by atoms with Crippen LogP contribution in [0.25, 0.3) is 0 Å². The Hall–Kier alpha value is -1.88. The summed E-state index contributed by atoms with van der Waals surface area (Å²) in [5.74, 6) is -0.356. The molecular formula is C16H22N2O3. The summed E-state index contributed by atoms with van der Waals surface area (Å²) < 4.78 is 5.37. The van der Waals surface area contributed by atoms with Crippen LogP contribution < -0.4 is 10.2 Å². The minimum absolute atomic E-state index is 0.000203. The lowest BCUT2D eigenvalue weighted by Crippen LogP contribution is -2.35. The van der Waals surface area contributed by atoms with Crippen LogP contribution in [0.4, 0.5) is 5.69 Å². The fraction of sp³-hybridized carbons (Fsp3) is 0.500. The average molecular weight is 290 g/mol. The molecule has 0 aliphatic carbocycles. The number of para-hydroxylation sites is 1. The van der Waals surface area contributed by atoms with Crippen molar-refractivity contribution in [2.45, 2.75) is 26.4 Å². The van der Waals surface area contributed by atoms with Crippen molar-refractivity contribution in [3.8, 4) is 0 Å². The number of amides is 2. The molecule has 0 bridgehead atoms. The zero-order valence-corrected chi connectivity index (χ0v) is 12.5. The molecule has 1 unspecified atom stereocenters. The normalized spacial score (nSPS) is 18.3. The lowest BCUT2D eigenvalue weighted by molar-refractivity contribution is -0.126. The number of hydrogen-bond donors (Lipinski definition) is 1. The number of hydrogen-bond acceptors (Lipinski definition) is 3. The third-order valence-corrected chi connectivity index (χ3v) is 3.42. The number of benzene rings is 1. The summed E-state index contributed by atoms with van der Waals surface area (Å²) in [6.07, 6.45) is 0.426. The predicted molar refractivity (Wildman–Crippen MR) is 81.0 cm³/mol. The number of nitrogens with one attached hydrogen (secondary N) is 1. The van der Waals surface area contributed by atoms with E-state index in [4.69, 9.17) is 4.74 Å². The maximum absolute atomic E-state index is 12.1. The van der Waals surface area contributed by atoms with E-state index in [1.165, 1.54) is 0 Å². The first-order valence-corrected chi connectivity index (χ1v) is 7.32. The van der Waals surface area contributed by atoms with Crippen molar-refractivity contribution in [2.24, 2.45) is 5.92 Å². The van der Waals surface area contributed by atoms with Gasteiger partial charge in [0.25, 0.3) is 0 Å². The molecule has 0 radical (unpaired) electrons. The molecule has 0 spiro atoms. The molecule has 2 amide bonds. The van der Waals surface area contributed by atoms with Gasteiger partial charge < -0.3 is 15.0 Å². The molecule has 0 aromatic heterocycles.